The molecule has 0 radical (unpaired) electrons. The number of hydrogen-bond acceptors (Lipinski definition) is 6. The van der Waals surface area contributed by atoms with Crippen LogP contribution in [0.1, 0.15) is 17.5 Å². The van der Waals surface area contributed by atoms with Crippen LogP contribution in [0.3, 0.4) is 0 Å². The van der Waals surface area contributed by atoms with Gasteiger partial charge in [0, 0.05) is 18.1 Å². The number of aromatic nitrogens is 2. The van der Waals surface area contributed by atoms with Crippen molar-refractivity contribution in [3.05, 3.63) is 60.0 Å². The molecule has 1 aliphatic heterocycles. The molecule has 1 aromatic heterocycles. The number of benzene rings is 2. The molecule has 2 heterocycles. The number of fused-ring (bicyclic) bond motifs is 1. The zero-order valence-electron chi connectivity index (χ0n) is 13.4. The van der Waals surface area contributed by atoms with Crippen LogP contribution in [0, 0.1) is 6.92 Å². The van der Waals surface area contributed by atoms with Gasteiger partial charge >= 0.3 is 6.09 Å². The standard InChI is InChI=1S/C18H15N3O4/c1-11-19-17(21-25-11)12-7-8-14-15(10-23-16(14)9-12)20-18(22)24-13-5-3-2-4-6-13/h2-9,15H,10H2,1H3,(H,20,22)/t15-/m1/s1. The van der Waals surface area contributed by atoms with Crippen LogP contribution >= 0.6 is 0 Å². The predicted octanol–water partition coefficient (Wildman–Crippen LogP) is 3.27. The van der Waals surface area contributed by atoms with Crippen molar-refractivity contribution in [1.82, 2.24) is 15.5 Å². The number of aryl methyl sites for hydroxylation is 1. The van der Waals surface area contributed by atoms with Gasteiger partial charge in [-0.25, -0.2) is 4.79 Å². The average molecular weight is 337 g/mol. The highest BCUT2D eigenvalue weighted by Crippen LogP contribution is 2.35. The summed E-state index contributed by atoms with van der Waals surface area (Å²) < 4.78 is 15.9. The molecule has 4 rings (SSSR count). The number of carbonyl (C=O) groups is 1. The lowest BCUT2D eigenvalue weighted by atomic mass is 10.1. The first kappa shape index (κ1) is 15.2. The summed E-state index contributed by atoms with van der Waals surface area (Å²) in [6.45, 7) is 2.08. The summed E-state index contributed by atoms with van der Waals surface area (Å²) in [5.74, 6) is 2.18. The van der Waals surface area contributed by atoms with Crippen molar-refractivity contribution in [2.45, 2.75) is 13.0 Å². The first-order valence-electron chi connectivity index (χ1n) is 7.80. The summed E-state index contributed by atoms with van der Waals surface area (Å²) in [5.41, 5.74) is 1.68. The van der Waals surface area contributed by atoms with E-state index in [9.17, 15) is 4.79 Å². The molecule has 0 unspecified atom stereocenters. The van der Waals surface area contributed by atoms with Crippen molar-refractivity contribution < 1.29 is 18.8 Å². The van der Waals surface area contributed by atoms with E-state index >= 15 is 0 Å². The number of carbonyl (C=O) groups excluding carboxylic acids is 1. The van der Waals surface area contributed by atoms with Gasteiger partial charge in [0.1, 0.15) is 18.1 Å². The molecular weight excluding hydrogens is 322 g/mol. The Kier molecular flexibility index (Phi) is 3.81. The average Bonchev–Trinajstić information content (AvgIpc) is 3.22. The van der Waals surface area contributed by atoms with Gasteiger partial charge in [-0.2, -0.15) is 4.98 Å². The summed E-state index contributed by atoms with van der Waals surface area (Å²) in [4.78, 5) is 16.2. The van der Waals surface area contributed by atoms with Crippen molar-refractivity contribution >= 4 is 6.09 Å². The van der Waals surface area contributed by atoms with E-state index < -0.39 is 6.09 Å². The maximum Gasteiger partial charge on any atom is 0.413 e. The van der Waals surface area contributed by atoms with E-state index in [4.69, 9.17) is 14.0 Å². The molecule has 25 heavy (non-hydrogen) atoms. The molecule has 1 amide bonds. The zero-order valence-corrected chi connectivity index (χ0v) is 13.4. The van der Waals surface area contributed by atoms with Gasteiger partial charge in [-0.1, -0.05) is 35.5 Å². The third-order valence-corrected chi connectivity index (χ3v) is 3.83. The molecule has 0 aliphatic carbocycles. The number of para-hydroxylation sites is 1. The second-order valence-corrected chi connectivity index (χ2v) is 5.60. The van der Waals surface area contributed by atoms with Crippen LogP contribution in [0.25, 0.3) is 11.4 Å². The fourth-order valence-electron chi connectivity index (χ4n) is 2.65. The van der Waals surface area contributed by atoms with E-state index in [1.807, 2.05) is 24.3 Å². The van der Waals surface area contributed by atoms with E-state index in [2.05, 4.69) is 15.5 Å². The highest BCUT2D eigenvalue weighted by Gasteiger charge is 2.27. The molecular formula is C18H15N3O4. The number of rotatable bonds is 3. The lowest BCUT2D eigenvalue weighted by Crippen LogP contribution is -2.31. The van der Waals surface area contributed by atoms with Crippen molar-refractivity contribution in [2.24, 2.45) is 0 Å². The van der Waals surface area contributed by atoms with E-state index in [0.29, 0.717) is 29.8 Å². The second kappa shape index (κ2) is 6.27. The Labute approximate surface area is 143 Å². The first-order chi connectivity index (χ1) is 12.2. The molecule has 3 aromatic rings. The van der Waals surface area contributed by atoms with Crippen LogP contribution in [0.4, 0.5) is 4.79 Å². The van der Waals surface area contributed by atoms with Gasteiger partial charge in [0.25, 0.3) is 0 Å². The third-order valence-electron chi connectivity index (χ3n) is 3.83. The van der Waals surface area contributed by atoms with E-state index in [1.54, 1.807) is 31.2 Å². The van der Waals surface area contributed by atoms with Crippen LogP contribution < -0.4 is 14.8 Å². The minimum absolute atomic E-state index is 0.271. The maximum atomic E-state index is 12.0. The number of nitrogens with one attached hydrogen (secondary N) is 1. The van der Waals surface area contributed by atoms with Crippen LogP contribution in [-0.4, -0.2) is 22.8 Å². The molecule has 0 saturated carbocycles. The van der Waals surface area contributed by atoms with E-state index in [0.717, 1.165) is 11.1 Å². The molecule has 0 spiro atoms. The maximum absolute atomic E-state index is 12.0. The Morgan fingerprint density at radius 1 is 1.24 bits per heavy atom. The van der Waals surface area contributed by atoms with Crippen LogP contribution in [-0.2, 0) is 0 Å². The van der Waals surface area contributed by atoms with Gasteiger partial charge in [0.05, 0.1) is 6.04 Å². The molecule has 7 nitrogen and oxygen atoms in total. The highest BCUT2D eigenvalue weighted by molar-refractivity contribution is 5.71. The van der Waals surface area contributed by atoms with Gasteiger partial charge in [-0.15, -0.1) is 0 Å². The minimum atomic E-state index is -0.523. The van der Waals surface area contributed by atoms with Gasteiger partial charge in [-0.3, -0.25) is 0 Å². The Balaban J connectivity index is 1.47. The molecule has 2 aromatic carbocycles. The zero-order chi connectivity index (χ0) is 17.2. The first-order valence-corrected chi connectivity index (χ1v) is 7.80. The van der Waals surface area contributed by atoms with Crippen LogP contribution in [0.2, 0.25) is 0 Å². The molecule has 0 saturated heterocycles. The Bertz CT molecular complexity index is 908. The van der Waals surface area contributed by atoms with Crippen molar-refractivity contribution in [1.29, 1.82) is 0 Å². The third kappa shape index (κ3) is 3.16. The predicted molar refractivity (Wildman–Crippen MR) is 88.3 cm³/mol. The highest BCUT2D eigenvalue weighted by atomic mass is 16.6. The second-order valence-electron chi connectivity index (χ2n) is 5.60. The number of hydrogen-bond donors (Lipinski definition) is 1. The molecule has 7 heteroatoms. The quantitative estimate of drug-likeness (QED) is 0.789. The van der Waals surface area contributed by atoms with Crippen molar-refractivity contribution in [2.75, 3.05) is 6.61 Å². The molecule has 1 aliphatic rings. The Morgan fingerprint density at radius 3 is 2.84 bits per heavy atom. The van der Waals surface area contributed by atoms with E-state index in [-0.39, 0.29) is 6.04 Å². The number of nitrogens with zero attached hydrogens (tertiary/aromatic N) is 2. The van der Waals surface area contributed by atoms with Crippen molar-refractivity contribution in [3.8, 4) is 22.9 Å². The fraction of sp³-hybridized carbons (Fsp3) is 0.167. The fourth-order valence-corrected chi connectivity index (χ4v) is 2.65. The van der Waals surface area contributed by atoms with Crippen LogP contribution in [0.5, 0.6) is 11.5 Å². The molecule has 0 bridgehead atoms. The van der Waals surface area contributed by atoms with Gasteiger partial charge in [-0.05, 0) is 18.2 Å². The largest absolute Gasteiger partial charge is 0.491 e. The van der Waals surface area contributed by atoms with Gasteiger partial charge in [0.2, 0.25) is 11.7 Å². The normalized spacial score (nSPS) is 15.3. The molecule has 1 N–H and O–H groups in total. The monoisotopic (exact) mass is 337 g/mol. The van der Waals surface area contributed by atoms with Crippen LogP contribution in [0.15, 0.2) is 53.1 Å². The summed E-state index contributed by atoms with van der Waals surface area (Å²) in [6, 6.07) is 14.2. The molecule has 0 fully saturated rings. The smallest absolute Gasteiger partial charge is 0.413 e. The summed E-state index contributed by atoms with van der Waals surface area (Å²) >= 11 is 0. The SMILES string of the molecule is Cc1nc(-c2ccc3c(c2)OC[C@H]3NC(=O)Oc2ccccc2)no1. The van der Waals surface area contributed by atoms with Gasteiger partial charge < -0.3 is 19.3 Å². The summed E-state index contributed by atoms with van der Waals surface area (Å²) in [6.07, 6.45) is -0.523. The molecule has 126 valence electrons. The van der Waals surface area contributed by atoms with E-state index in [1.165, 1.54) is 0 Å². The Hall–Kier alpha value is -3.35. The van der Waals surface area contributed by atoms with Crippen molar-refractivity contribution in [3.63, 3.8) is 0 Å². The Morgan fingerprint density at radius 2 is 2.08 bits per heavy atom. The topological polar surface area (TPSA) is 86.5 Å². The summed E-state index contributed by atoms with van der Waals surface area (Å²) in [7, 11) is 0. The summed E-state index contributed by atoms with van der Waals surface area (Å²) in [5, 5.41) is 6.71. The van der Waals surface area contributed by atoms with Gasteiger partial charge in [0.15, 0.2) is 0 Å². The number of ether oxygens (including phenoxy) is 2. The minimum Gasteiger partial charge on any atom is -0.491 e. The number of amides is 1. The lowest BCUT2D eigenvalue weighted by molar-refractivity contribution is 0.192. The molecule has 1 atom stereocenters. The lowest BCUT2D eigenvalue weighted by Gasteiger charge is -2.12.